The minimum Gasteiger partial charge on any atom is -0.393 e. The molecule has 1 aromatic rings. The molecule has 0 saturated heterocycles. The summed E-state index contributed by atoms with van der Waals surface area (Å²) < 4.78 is 1.69. The first-order chi connectivity index (χ1) is 7.41. The Balaban J connectivity index is 2.62. The van der Waals surface area contributed by atoms with Crippen LogP contribution in [0, 0.1) is 6.92 Å². The second kappa shape index (κ2) is 5.61. The van der Waals surface area contributed by atoms with Crippen LogP contribution in [0.5, 0.6) is 0 Å². The zero-order valence-corrected chi connectivity index (χ0v) is 11.4. The van der Waals surface area contributed by atoms with Gasteiger partial charge >= 0.3 is 0 Å². The summed E-state index contributed by atoms with van der Waals surface area (Å²) in [7, 11) is 3.86. The topological polar surface area (TPSA) is 47.1 Å². The van der Waals surface area contributed by atoms with E-state index in [2.05, 4.69) is 10.00 Å². The minimum atomic E-state index is 0.542. The maximum absolute atomic E-state index is 6.14. The molecule has 1 heterocycles. The third-order valence-corrected chi connectivity index (χ3v) is 3.11. The minimum absolute atomic E-state index is 0.542. The van der Waals surface area contributed by atoms with Crippen molar-refractivity contribution in [2.45, 2.75) is 19.9 Å². The number of hydrogen-bond acceptors (Lipinski definition) is 3. The van der Waals surface area contributed by atoms with E-state index in [4.69, 9.17) is 29.6 Å². The standard InChI is InChI=1S/C10H17ClN4S/c1-7-8(10(11)15(3)13-7)6-14(2)5-4-9(12)16/h4-6H2,1-3H3,(H2,12,16). The first kappa shape index (κ1) is 13.4. The number of hydrogen-bond donors (Lipinski definition) is 1. The first-order valence-corrected chi connectivity index (χ1v) is 5.85. The normalized spacial score (nSPS) is 11.1. The fraction of sp³-hybridized carbons (Fsp3) is 0.600. The second-order valence-electron chi connectivity index (χ2n) is 3.93. The molecule has 0 unspecified atom stereocenters. The van der Waals surface area contributed by atoms with Crippen LogP contribution in [0.15, 0.2) is 0 Å². The maximum atomic E-state index is 6.14. The van der Waals surface area contributed by atoms with Gasteiger partial charge in [-0.25, -0.2) is 0 Å². The van der Waals surface area contributed by atoms with E-state index in [0.717, 1.165) is 30.8 Å². The molecule has 0 aromatic carbocycles. The lowest BCUT2D eigenvalue weighted by Gasteiger charge is -2.15. The molecular formula is C10H17ClN4S. The Hall–Kier alpha value is -0.650. The van der Waals surface area contributed by atoms with Gasteiger partial charge in [-0.05, 0) is 14.0 Å². The van der Waals surface area contributed by atoms with Gasteiger partial charge in [-0.3, -0.25) is 4.68 Å². The number of nitrogens with two attached hydrogens (primary N) is 1. The van der Waals surface area contributed by atoms with Gasteiger partial charge < -0.3 is 10.6 Å². The van der Waals surface area contributed by atoms with E-state index in [1.807, 2.05) is 21.0 Å². The van der Waals surface area contributed by atoms with Crippen molar-refractivity contribution in [3.05, 3.63) is 16.4 Å². The molecule has 0 radical (unpaired) electrons. The van der Waals surface area contributed by atoms with E-state index in [0.29, 0.717) is 10.1 Å². The first-order valence-electron chi connectivity index (χ1n) is 5.06. The van der Waals surface area contributed by atoms with E-state index in [9.17, 15) is 0 Å². The number of rotatable bonds is 5. The molecule has 0 atom stereocenters. The Morgan fingerprint density at radius 2 is 2.25 bits per heavy atom. The molecule has 0 bridgehead atoms. The summed E-state index contributed by atoms with van der Waals surface area (Å²) >= 11 is 11.0. The highest BCUT2D eigenvalue weighted by Crippen LogP contribution is 2.19. The van der Waals surface area contributed by atoms with E-state index < -0.39 is 0 Å². The number of aryl methyl sites for hydroxylation is 2. The van der Waals surface area contributed by atoms with Crippen LogP contribution >= 0.6 is 23.8 Å². The molecule has 1 rings (SSSR count). The second-order valence-corrected chi connectivity index (χ2v) is 4.81. The Labute approximate surface area is 106 Å². The lowest BCUT2D eigenvalue weighted by atomic mass is 10.2. The molecule has 16 heavy (non-hydrogen) atoms. The zero-order valence-electron chi connectivity index (χ0n) is 9.83. The number of nitrogens with zero attached hydrogens (tertiary/aromatic N) is 3. The van der Waals surface area contributed by atoms with Crippen molar-refractivity contribution in [1.29, 1.82) is 0 Å². The maximum Gasteiger partial charge on any atom is 0.131 e. The van der Waals surface area contributed by atoms with Crippen LogP contribution in [-0.4, -0.2) is 33.3 Å². The van der Waals surface area contributed by atoms with E-state index in [1.54, 1.807) is 4.68 Å². The summed E-state index contributed by atoms with van der Waals surface area (Å²) in [6, 6.07) is 0. The fourth-order valence-corrected chi connectivity index (χ4v) is 1.83. The van der Waals surface area contributed by atoms with Crippen molar-refractivity contribution in [2.75, 3.05) is 13.6 Å². The molecular weight excluding hydrogens is 244 g/mol. The van der Waals surface area contributed by atoms with Gasteiger partial charge in [-0.15, -0.1) is 0 Å². The Bertz CT molecular complexity index is 388. The molecule has 0 saturated carbocycles. The van der Waals surface area contributed by atoms with Gasteiger partial charge in [0.2, 0.25) is 0 Å². The van der Waals surface area contributed by atoms with Crippen LogP contribution in [0.4, 0.5) is 0 Å². The lowest BCUT2D eigenvalue weighted by molar-refractivity contribution is 0.336. The van der Waals surface area contributed by atoms with Crippen LogP contribution in [-0.2, 0) is 13.6 Å². The van der Waals surface area contributed by atoms with Crippen molar-refractivity contribution in [1.82, 2.24) is 14.7 Å². The van der Waals surface area contributed by atoms with Gasteiger partial charge in [0.25, 0.3) is 0 Å². The molecule has 6 heteroatoms. The number of aromatic nitrogens is 2. The summed E-state index contributed by atoms with van der Waals surface area (Å²) in [4.78, 5) is 2.68. The van der Waals surface area contributed by atoms with Crippen LogP contribution in [0.1, 0.15) is 17.7 Å². The molecule has 0 amide bonds. The number of thiocarbonyl (C=S) groups is 1. The summed E-state index contributed by atoms with van der Waals surface area (Å²) in [6.07, 6.45) is 0.725. The predicted molar refractivity (Wildman–Crippen MR) is 70.7 cm³/mol. The molecule has 0 aliphatic rings. The SMILES string of the molecule is Cc1nn(C)c(Cl)c1CN(C)CCC(N)=S. The highest BCUT2D eigenvalue weighted by atomic mass is 35.5. The van der Waals surface area contributed by atoms with Crippen LogP contribution < -0.4 is 5.73 Å². The third kappa shape index (κ3) is 3.43. The average molecular weight is 261 g/mol. The largest absolute Gasteiger partial charge is 0.393 e. The van der Waals surface area contributed by atoms with Gasteiger partial charge in [0.05, 0.1) is 10.7 Å². The van der Waals surface area contributed by atoms with Crippen molar-refractivity contribution in [3.63, 3.8) is 0 Å². The fourth-order valence-electron chi connectivity index (χ4n) is 1.50. The van der Waals surface area contributed by atoms with E-state index in [1.165, 1.54) is 0 Å². The highest BCUT2D eigenvalue weighted by molar-refractivity contribution is 7.80. The van der Waals surface area contributed by atoms with Crippen molar-refractivity contribution in [3.8, 4) is 0 Å². The summed E-state index contributed by atoms with van der Waals surface area (Å²) in [5.74, 6) is 0. The van der Waals surface area contributed by atoms with Crippen LogP contribution in [0.2, 0.25) is 5.15 Å². The summed E-state index contributed by atoms with van der Waals surface area (Å²) in [6.45, 7) is 3.56. The van der Waals surface area contributed by atoms with Gasteiger partial charge in [0, 0.05) is 32.1 Å². The highest BCUT2D eigenvalue weighted by Gasteiger charge is 2.12. The molecule has 0 aliphatic heterocycles. The molecule has 1 aromatic heterocycles. The Morgan fingerprint density at radius 1 is 1.62 bits per heavy atom. The van der Waals surface area contributed by atoms with Gasteiger partial charge in [0.15, 0.2) is 0 Å². The molecule has 2 N–H and O–H groups in total. The summed E-state index contributed by atoms with van der Waals surface area (Å²) in [5, 5.41) is 4.96. The molecule has 0 fully saturated rings. The smallest absolute Gasteiger partial charge is 0.131 e. The third-order valence-electron chi connectivity index (χ3n) is 2.44. The monoisotopic (exact) mass is 260 g/mol. The van der Waals surface area contributed by atoms with Crippen LogP contribution in [0.3, 0.4) is 0 Å². The molecule has 4 nitrogen and oxygen atoms in total. The Morgan fingerprint density at radius 3 is 2.69 bits per heavy atom. The van der Waals surface area contributed by atoms with Crippen LogP contribution in [0.25, 0.3) is 0 Å². The van der Waals surface area contributed by atoms with Gasteiger partial charge in [0.1, 0.15) is 5.15 Å². The van der Waals surface area contributed by atoms with Crippen molar-refractivity contribution in [2.24, 2.45) is 12.8 Å². The van der Waals surface area contributed by atoms with E-state index in [-0.39, 0.29) is 0 Å². The zero-order chi connectivity index (χ0) is 12.3. The Kier molecular flexibility index (Phi) is 4.70. The predicted octanol–water partition coefficient (Wildman–Crippen LogP) is 1.49. The van der Waals surface area contributed by atoms with Gasteiger partial charge in [-0.2, -0.15) is 5.10 Å². The molecule has 90 valence electrons. The van der Waals surface area contributed by atoms with E-state index >= 15 is 0 Å². The number of halogens is 1. The average Bonchev–Trinajstić information content (AvgIpc) is 2.42. The molecule has 0 spiro atoms. The quantitative estimate of drug-likeness (QED) is 0.815. The molecule has 0 aliphatic carbocycles. The summed E-state index contributed by atoms with van der Waals surface area (Å²) in [5.41, 5.74) is 7.49. The lowest BCUT2D eigenvalue weighted by Crippen LogP contribution is -2.23. The van der Waals surface area contributed by atoms with Gasteiger partial charge in [-0.1, -0.05) is 23.8 Å². The van der Waals surface area contributed by atoms with Crippen molar-refractivity contribution >= 4 is 28.8 Å². The van der Waals surface area contributed by atoms with Crippen molar-refractivity contribution < 1.29 is 0 Å².